The van der Waals surface area contributed by atoms with Gasteiger partial charge in [-0.3, -0.25) is 14.4 Å². The van der Waals surface area contributed by atoms with Crippen LogP contribution < -0.4 is 0 Å². The minimum atomic E-state index is -0.797. The Morgan fingerprint density at radius 1 is 0.299 bits per heavy atom. The highest BCUT2D eigenvalue weighted by Crippen LogP contribution is 2.16. The molecule has 67 heavy (non-hydrogen) atoms. The Kier molecular flexibility index (Phi) is 53.3. The van der Waals surface area contributed by atoms with Crippen molar-refractivity contribution in [3.63, 3.8) is 0 Å². The molecule has 0 amide bonds. The predicted octanol–water partition coefficient (Wildman–Crippen LogP) is 19.2. The van der Waals surface area contributed by atoms with Crippen molar-refractivity contribution in [2.45, 2.75) is 297 Å². The quantitative estimate of drug-likeness (QED) is 0.0262. The van der Waals surface area contributed by atoms with Crippen LogP contribution in [-0.2, 0) is 28.6 Å². The first-order chi connectivity index (χ1) is 33.0. The van der Waals surface area contributed by atoms with Crippen LogP contribution in [0.4, 0.5) is 0 Å². The maximum atomic E-state index is 12.9. The summed E-state index contributed by atoms with van der Waals surface area (Å²) in [5, 5.41) is 0. The molecule has 0 unspecified atom stereocenters. The van der Waals surface area contributed by atoms with Gasteiger partial charge in [-0.25, -0.2) is 0 Å². The van der Waals surface area contributed by atoms with Gasteiger partial charge >= 0.3 is 17.9 Å². The first kappa shape index (κ1) is 64.1. The number of ether oxygens (including phenoxy) is 3. The van der Waals surface area contributed by atoms with Crippen molar-refractivity contribution in [2.75, 3.05) is 13.2 Å². The van der Waals surface area contributed by atoms with Crippen molar-refractivity contribution >= 4 is 17.9 Å². The maximum absolute atomic E-state index is 12.9. The fourth-order valence-corrected chi connectivity index (χ4v) is 8.14. The van der Waals surface area contributed by atoms with E-state index >= 15 is 0 Å². The zero-order valence-corrected chi connectivity index (χ0v) is 44.4. The Hall–Kier alpha value is -2.89. The van der Waals surface area contributed by atoms with Crippen molar-refractivity contribution < 1.29 is 28.6 Å². The molecule has 0 radical (unpaired) electrons. The number of esters is 3. The molecule has 0 heterocycles. The van der Waals surface area contributed by atoms with Crippen LogP contribution in [0.2, 0.25) is 0 Å². The molecule has 0 aromatic heterocycles. The Labute approximate surface area is 415 Å². The summed E-state index contributed by atoms with van der Waals surface area (Å²) in [5.74, 6) is -0.948. The van der Waals surface area contributed by atoms with Crippen LogP contribution in [-0.4, -0.2) is 37.2 Å². The standard InChI is InChI=1S/C61H108O6/c1-4-7-10-13-16-19-22-25-27-29-30-32-34-37-40-43-46-49-52-55-61(64)67-58(56-65-59(62)53-50-47-44-41-38-35-24-21-18-15-12-9-6-3)57-66-60(63)54-51-48-45-42-39-36-33-31-28-26-23-20-17-14-11-8-5-2/h17,20-21,24,26,28,33,36,42,45,58H,4-16,18-19,22-23,25,27,29-32,34-35,37-41,43-44,46-57H2,1-3H3/b20-17-,24-21-,28-26-,36-33-,45-42-/t58-/m0/s1. The first-order valence-corrected chi connectivity index (χ1v) is 28.8. The summed E-state index contributed by atoms with van der Waals surface area (Å²) in [6.45, 7) is 6.57. The minimum Gasteiger partial charge on any atom is -0.462 e. The molecule has 0 aliphatic heterocycles. The SMILES string of the molecule is CCCCC/C=C\C/C=C\C/C=C\C/C=C\CCCC(=O)OC[C@H](COC(=O)CCCCCCC/C=C\CCCCCC)OC(=O)CCCCCCCCCCCCCCCCCCCCC. The summed E-state index contributed by atoms with van der Waals surface area (Å²) in [6.07, 6.45) is 69.3. The molecular formula is C61H108O6. The smallest absolute Gasteiger partial charge is 0.306 e. The zero-order valence-electron chi connectivity index (χ0n) is 44.4. The number of allylic oxidation sites excluding steroid dienone is 10. The average Bonchev–Trinajstić information content (AvgIpc) is 3.33. The lowest BCUT2D eigenvalue weighted by Gasteiger charge is -2.18. The highest BCUT2D eigenvalue weighted by molar-refractivity contribution is 5.71. The van der Waals surface area contributed by atoms with E-state index in [0.29, 0.717) is 19.3 Å². The molecule has 0 bridgehead atoms. The van der Waals surface area contributed by atoms with Crippen molar-refractivity contribution in [3.8, 4) is 0 Å². The van der Waals surface area contributed by atoms with Crippen LogP contribution in [0.15, 0.2) is 60.8 Å². The van der Waals surface area contributed by atoms with E-state index in [1.54, 1.807) is 0 Å². The molecule has 0 rings (SSSR count). The van der Waals surface area contributed by atoms with E-state index in [2.05, 4.69) is 81.5 Å². The third-order valence-corrected chi connectivity index (χ3v) is 12.5. The van der Waals surface area contributed by atoms with Crippen LogP contribution in [0.1, 0.15) is 290 Å². The molecule has 0 aromatic rings. The number of unbranched alkanes of at least 4 members (excludes halogenated alkanes) is 31. The van der Waals surface area contributed by atoms with E-state index in [0.717, 1.165) is 70.6 Å². The highest BCUT2D eigenvalue weighted by atomic mass is 16.6. The molecule has 388 valence electrons. The van der Waals surface area contributed by atoms with Crippen LogP contribution in [0.5, 0.6) is 0 Å². The van der Waals surface area contributed by atoms with E-state index in [4.69, 9.17) is 14.2 Å². The van der Waals surface area contributed by atoms with Crippen molar-refractivity contribution in [3.05, 3.63) is 60.8 Å². The lowest BCUT2D eigenvalue weighted by molar-refractivity contribution is -0.167. The molecule has 6 heteroatoms. The minimum absolute atomic E-state index is 0.0932. The van der Waals surface area contributed by atoms with Gasteiger partial charge in [-0.1, -0.05) is 248 Å². The van der Waals surface area contributed by atoms with E-state index < -0.39 is 6.10 Å². The molecule has 0 fully saturated rings. The van der Waals surface area contributed by atoms with Crippen LogP contribution in [0.25, 0.3) is 0 Å². The van der Waals surface area contributed by atoms with E-state index in [-0.39, 0.29) is 37.5 Å². The molecule has 0 spiro atoms. The second kappa shape index (κ2) is 55.7. The third kappa shape index (κ3) is 53.9. The van der Waals surface area contributed by atoms with E-state index in [1.807, 2.05) is 0 Å². The lowest BCUT2D eigenvalue weighted by atomic mass is 10.0. The Morgan fingerprint density at radius 3 is 0.955 bits per heavy atom. The highest BCUT2D eigenvalue weighted by Gasteiger charge is 2.19. The fraction of sp³-hybridized carbons (Fsp3) is 0.787. The largest absolute Gasteiger partial charge is 0.462 e. The van der Waals surface area contributed by atoms with Gasteiger partial charge in [-0.15, -0.1) is 0 Å². The van der Waals surface area contributed by atoms with E-state index in [9.17, 15) is 14.4 Å². The van der Waals surface area contributed by atoms with Gasteiger partial charge in [-0.05, 0) is 83.5 Å². The maximum Gasteiger partial charge on any atom is 0.306 e. The molecule has 0 saturated heterocycles. The first-order valence-electron chi connectivity index (χ1n) is 28.8. The summed E-state index contributed by atoms with van der Waals surface area (Å²) in [5.41, 5.74) is 0. The topological polar surface area (TPSA) is 78.9 Å². The van der Waals surface area contributed by atoms with Crippen LogP contribution >= 0.6 is 0 Å². The monoisotopic (exact) mass is 937 g/mol. The van der Waals surface area contributed by atoms with Gasteiger partial charge in [0, 0.05) is 19.3 Å². The van der Waals surface area contributed by atoms with Gasteiger partial charge in [0.1, 0.15) is 13.2 Å². The fourth-order valence-electron chi connectivity index (χ4n) is 8.14. The van der Waals surface area contributed by atoms with Crippen molar-refractivity contribution in [1.82, 2.24) is 0 Å². The van der Waals surface area contributed by atoms with E-state index in [1.165, 1.54) is 173 Å². The molecule has 0 aliphatic carbocycles. The summed E-state index contributed by atoms with van der Waals surface area (Å²) in [7, 11) is 0. The number of carbonyl (C=O) groups excluding carboxylic acids is 3. The molecule has 0 saturated carbocycles. The van der Waals surface area contributed by atoms with Crippen molar-refractivity contribution in [2.24, 2.45) is 0 Å². The summed E-state index contributed by atoms with van der Waals surface area (Å²) in [4.78, 5) is 38.1. The third-order valence-electron chi connectivity index (χ3n) is 12.5. The lowest BCUT2D eigenvalue weighted by Crippen LogP contribution is -2.30. The van der Waals surface area contributed by atoms with Gasteiger partial charge in [-0.2, -0.15) is 0 Å². The molecular weight excluding hydrogens is 829 g/mol. The molecule has 6 nitrogen and oxygen atoms in total. The van der Waals surface area contributed by atoms with Gasteiger partial charge < -0.3 is 14.2 Å². The Morgan fingerprint density at radius 2 is 0.552 bits per heavy atom. The normalized spacial score (nSPS) is 12.5. The predicted molar refractivity (Wildman–Crippen MR) is 288 cm³/mol. The van der Waals surface area contributed by atoms with Gasteiger partial charge in [0.05, 0.1) is 0 Å². The Bertz CT molecular complexity index is 1210. The number of rotatable bonds is 52. The van der Waals surface area contributed by atoms with Gasteiger partial charge in [0.2, 0.25) is 0 Å². The van der Waals surface area contributed by atoms with Crippen LogP contribution in [0.3, 0.4) is 0 Å². The Balaban J connectivity index is 4.42. The second-order valence-corrected chi connectivity index (χ2v) is 19.2. The molecule has 0 N–H and O–H groups in total. The summed E-state index contributed by atoms with van der Waals surface area (Å²) >= 11 is 0. The van der Waals surface area contributed by atoms with Crippen molar-refractivity contribution in [1.29, 1.82) is 0 Å². The molecule has 0 aliphatic rings. The van der Waals surface area contributed by atoms with Gasteiger partial charge in [0.25, 0.3) is 0 Å². The molecule has 0 aromatic carbocycles. The number of carbonyl (C=O) groups is 3. The van der Waals surface area contributed by atoms with Gasteiger partial charge in [0.15, 0.2) is 6.10 Å². The second-order valence-electron chi connectivity index (χ2n) is 19.2. The number of hydrogen-bond donors (Lipinski definition) is 0. The van der Waals surface area contributed by atoms with Crippen LogP contribution in [0, 0.1) is 0 Å². The summed E-state index contributed by atoms with van der Waals surface area (Å²) in [6, 6.07) is 0. The average molecular weight is 938 g/mol. The molecule has 1 atom stereocenters. The summed E-state index contributed by atoms with van der Waals surface area (Å²) < 4.78 is 16.8. The number of hydrogen-bond acceptors (Lipinski definition) is 6. The zero-order chi connectivity index (χ0) is 48.6.